The Morgan fingerprint density at radius 1 is 1.11 bits per heavy atom. The number of amides is 2. The number of hydrogen-bond donors (Lipinski definition) is 2. The van der Waals surface area contributed by atoms with Crippen LogP contribution in [-0.2, 0) is 13.1 Å². The SMILES string of the molecule is Cc1ccc(CNC(=O)NCc2cccs2)cc1. The first kappa shape index (κ1) is 12.6. The number of rotatable bonds is 4. The molecule has 0 spiro atoms. The standard InChI is InChI=1S/C14H16N2OS/c1-11-4-6-12(7-5-11)9-15-14(17)16-10-13-3-2-8-18-13/h2-8H,9-10H2,1H3,(H2,15,16,17). The van der Waals surface area contributed by atoms with E-state index in [2.05, 4.69) is 10.6 Å². The van der Waals surface area contributed by atoms with Crippen LogP contribution < -0.4 is 10.6 Å². The molecule has 0 bridgehead atoms. The fraction of sp³-hybridized carbons (Fsp3) is 0.214. The third-order valence-electron chi connectivity index (χ3n) is 2.58. The van der Waals surface area contributed by atoms with Crippen LogP contribution >= 0.6 is 11.3 Å². The summed E-state index contributed by atoms with van der Waals surface area (Å²) in [4.78, 5) is 12.7. The molecule has 0 radical (unpaired) electrons. The molecule has 1 aromatic heterocycles. The smallest absolute Gasteiger partial charge is 0.315 e. The summed E-state index contributed by atoms with van der Waals surface area (Å²) in [5, 5.41) is 7.66. The van der Waals surface area contributed by atoms with Crippen molar-refractivity contribution in [2.45, 2.75) is 20.0 Å². The first-order valence-electron chi connectivity index (χ1n) is 5.83. The Morgan fingerprint density at radius 3 is 2.50 bits per heavy atom. The van der Waals surface area contributed by atoms with Gasteiger partial charge in [0.25, 0.3) is 0 Å². The van der Waals surface area contributed by atoms with Crippen molar-refractivity contribution in [2.75, 3.05) is 0 Å². The maximum atomic E-state index is 11.6. The molecule has 0 aliphatic rings. The first-order valence-corrected chi connectivity index (χ1v) is 6.71. The van der Waals surface area contributed by atoms with Crippen molar-refractivity contribution in [3.05, 3.63) is 57.8 Å². The van der Waals surface area contributed by atoms with Crippen molar-refractivity contribution in [2.24, 2.45) is 0 Å². The van der Waals surface area contributed by atoms with E-state index in [-0.39, 0.29) is 6.03 Å². The van der Waals surface area contributed by atoms with Crippen molar-refractivity contribution in [1.29, 1.82) is 0 Å². The molecular weight excluding hydrogens is 244 g/mol. The lowest BCUT2D eigenvalue weighted by Crippen LogP contribution is -2.34. The fourth-order valence-electron chi connectivity index (χ4n) is 1.53. The van der Waals surface area contributed by atoms with Crippen LogP contribution in [0.2, 0.25) is 0 Å². The van der Waals surface area contributed by atoms with Gasteiger partial charge in [-0.3, -0.25) is 0 Å². The van der Waals surface area contributed by atoms with E-state index >= 15 is 0 Å². The Kier molecular flexibility index (Phi) is 4.36. The van der Waals surface area contributed by atoms with Crippen molar-refractivity contribution in [3.63, 3.8) is 0 Å². The number of urea groups is 1. The third-order valence-corrected chi connectivity index (χ3v) is 3.45. The molecule has 0 fully saturated rings. The van der Waals surface area contributed by atoms with Gasteiger partial charge in [0.2, 0.25) is 0 Å². The van der Waals surface area contributed by atoms with Gasteiger partial charge < -0.3 is 10.6 Å². The zero-order valence-electron chi connectivity index (χ0n) is 10.3. The summed E-state index contributed by atoms with van der Waals surface area (Å²) in [5.41, 5.74) is 2.33. The predicted molar refractivity (Wildman–Crippen MR) is 74.6 cm³/mol. The molecule has 2 N–H and O–H groups in total. The number of hydrogen-bond acceptors (Lipinski definition) is 2. The van der Waals surface area contributed by atoms with Crippen molar-refractivity contribution in [3.8, 4) is 0 Å². The van der Waals surface area contributed by atoms with Gasteiger partial charge in [-0.1, -0.05) is 35.9 Å². The van der Waals surface area contributed by atoms with Crippen molar-refractivity contribution >= 4 is 17.4 Å². The summed E-state index contributed by atoms with van der Waals surface area (Å²) in [5.74, 6) is 0. The number of thiophene rings is 1. The summed E-state index contributed by atoms with van der Waals surface area (Å²) in [7, 11) is 0. The van der Waals surface area contributed by atoms with Crippen LogP contribution in [0.5, 0.6) is 0 Å². The molecule has 2 amide bonds. The minimum Gasteiger partial charge on any atom is -0.334 e. The quantitative estimate of drug-likeness (QED) is 0.871. The molecule has 1 heterocycles. The molecule has 0 unspecified atom stereocenters. The minimum atomic E-state index is -0.135. The van der Waals surface area contributed by atoms with E-state index in [0.717, 1.165) is 10.4 Å². The molecule has 2 aromatic rings. The van der Waals surface area contributed by atoms with Gasteiger partial charge in [-0.25, -0.2) is 4.79 Å². The largest absolute Gasteiger partial charge is 0.334 e. The second-order valence-electron chi connectivity index (χ2n) is 4.10. The molecule has 0 atom stereocenters. The third kappa shape index (κ3) is 3.89. The van der Waals surface area contributed by atoms with Crippen molar-refractivity contribution < 1.29 is 4.79 Å². The van der Waals surface area contributed by atoms with Gasteiger partial charge in [-0.15, -0.1) is 11.3 Å². The van der Waals surface area contributed by atoms with Crippen LogP contribution in [0, 0.1) is 6.92 Å². The second-order valence-corrected chi connectivity index (χ2v) is 5.13. The van der Waals surface area contributed by atoms with Crippen LogP contribution in [0.1, 0.15) is 16.0 Å². The second kappa shape index (κ2) is 6.21. The summed E-state index contributed by atoms with van der Waals surface area (Å²) in [6.45, 7) is 3.18. The van der Waals surface area contributed by atoms with Crippen LogP contribution in [0.4, 0.5) is 4.79 Å². The highest BCUT2D eigenvalue weighted by atomic mass is 32.1. The molecular formula is C14H16N2OS. The van der Waals surface area contributed by atoms with Crippen LogP contribution in [0.3, 0.4) is 0 Å². The number of benzene rings is 1. The molecule has 4 heteroatoms. The molecule has 3 nitrogen and oxygen atoms in total. The van der Waals surface area contributed by atoms with E-state index in [1.807, 2.05) is 48.7 Å². The lowest BCUT2D eigenvalue weighted by atomic mass is 10.1. The van der Waals surface area contributed by atoms with Gasteiger partial charge in [0.15, 0.2) is 0 Å². The lowest BCUT2D eigenvalue weighted by molar-refractivity contribution is 0.240. The summed E-state index contributed by atoms with van der Waals surface area (Å²) in [6.07, 6.45) is 0. The number of carbonyl (C=O) groups excluding carboxylic acids is 1. The van der Waals surface area contributed by atoms with Crippen LogP contribution in [0.25, 0.3) is 0 Å². The monoisotopic (exact) mass is 260 g/mol. The molecule has 94 valence electrons. The highest BCUT2D eigenvalue weighted by Crippen LogP contribution is 2.07. The Morgan fingerprint density at radius 2 is 1.83 bits per heavy atom. The molecule has 0 saturated heterocycles. The van der Waals surface area contributed by atoms with Crippen LogP contribution in [0.15, 0.2) is 41.8 Å². The van der Waals surface area contributed by atoms with E-state index in [1.165, 1.54) is 5.56 Å². The predicted octanol–water partition coefficient (Wildman–Crippen LogP) is 3.06. The fourth-order valence-corrected chi connectivity index (χ4v) is 2.18. The molecule has 0 saturated carbocycles. The van der Waals surface area contributed by atoms with Gasteiger partial charge in [0.1, 0.15) is 0 Å². The number of nitrogens with one attached hydrogen (secondary N) is 2. The normalized spacial score (nSPS) is 10.1. The zero-order valence-corrected chi connectivity index (χ0v) is 11.1. The summed E-state index contributed by atoms with van der Waals surface area (Å²) < 4.78 is 0. The van der Waals surface area contributed by atoms with Crippen molar-refractivity contribution in [1.82, 2.24) is 10.6 Å². The molecule has 18 heavy (non-hydrogen) atoms. The molecule has 0 aliphatic carbocycles. The molecule has 1 aromatic carbocycles. The Bertz CT molecular complexity index is 491. The van der Waals surface area contributed by atoms with Crippen LogP contribution in [-0.4, -0.2) is 6.03 Å². The van der Waals surface area contributed by atoms with Gasteiger partial charge in [-0.2, -0.15) is 0 Å². The van der Waals surface area contributed by atoms with E-state index < -0.39 is 0 Å². The van der Waals surface area contributed by atoms with E-state index in [9.17, 15) is 4.79 Å². The van der Waals surface area contributed by atoms with E-state index in [4.69, 9.17) is 0 Å². The van der Waals surface area contributed by atoms with E-state index in [0.29, 0.717) is 13.1 Å². The zero-order chi connectivity index (χ0) is 12.8. The number of aryl methyl sites for hydroxylation is 1. The average Bonchev–Trinajstić information content (AvgIpc) is 2.89. The number of carbonyl (C=O) groups is 1. The molecule has 0 aliphatic heterocycles. The average molecular weight is 260 g/mol. The Hall–Kier alpha value is -1.81. The summed E-state index contributed by atoms with van der Waals surface area (Å²) in [6, 6.07) is 12.0. The topological polar surface area (TPSA) is 41.1 Å². The maximum absolute atomic E-state index is 11.6. The first-order chi connectivity index (χ1) is 8.74. The Labute approximate surface area is 111 Å². The summed E-state index contributed by atoms with van der Waals surface area (Å²) >= 11 is 1.64. The highest BCUT2D eigenvalue weighted by Gasteiger charge is 2.00. The van der Waals surface area contributed by atoms with Gasteiger partial charge in [-0.05, 0) is 23.9 Å². The minimum absolute atomic E-state index is 0.135. The Balaban J connectivity index is 1.73. The highest BCUT2D eigenvalue weighted by molar-refractivity contribution is 7.09. The molecule has 2 rings (SSSR count). The van der Waals surface area contributed by atoms with Gasteiger partial charge in [0, 0.05) is 11.4 Å². The maximum Gasteiger partial charge on any atom is 0.315 e. The lowest BCUT2D eigenvalue weighted by Gasteiger charge is -2.07. The van der Waals surface area contributed by atoms with E-state index in [1.54, 1.807) is 11.3 Å². The van der Waals surface area contributed by atoms with Gasteiger partial charge in [0.05, 0.1) is 6.54 Å². The van der Waals surface area contributed by atoms with Gasteiger partial charge >= 0.3 is 6.03 Å².